The number of nitrogens with two attached hydrogens (primary N) is 2. The lowest BCUT2D eigenvalue weighted by atomic mass is 10.1. The van der Waals surface area contributed by atoms with Gasteiger partial charge < -0.3 is 11.5 Å². The fourth-order valence-electron chi connectivity index (χ4n) is 0.938. The number of alkyl halides is 2. The zero-order valence-electron chi connectivity index (χ0n) is 6.60. The second-order valence-electron chi connectivity index (χ2n) is 2.39. The third-order valence-electron chi connectivity index (χ3n) is 1.62. The van der Waals surface area contributed by atoms with Crippen LogP contribution < -0.4 is 11.5 Å². The van der Waals surface area contributed by atoms with Crippen LogP contribution in [0.2, 0.25) is 0 Å². The number of nitrogens with zero attached hydrogens (tertiary/aromatic N) is 1. The molecule has 0 saturated heterocycles. The Labute approximate surface area is 72.6 Å². The molecule has 1 aromatic rings. The third-order valence-corrected chi connectivity index (χ3v) is 1.62. The van der Waals surface area contributed by atoms with Gasteiger partial charge in [-0.15, -0.1) is 0 Å². The van der Waals surface area contributed by atoms with E-state index in [-0.39, 0.29) is 17.8 Å². The van der Waals surface area contributed by atoms with Crippen LogP contribution in [0.15, 0.2) is 6.20 Å². The number of hydrogen-bond acceptors (Lipinski definition) is 3. The normalized spacial score (nSPS) is 10.8. The third kappa shape index (κ3) is 1.72. The van der Waals surface area contributed by atoms with E-state index in [0.29, 0.717) is 6.20 Å². The quantitative estimate of drug-likeness (QED) is 0.738. The minimum absolute atomic E-state index is 0.120. The first-order valence-electron chi connectivity index (χ1n) is 3.49. The SMILES string of the molecule is NCc1c(F)cnc(C(F)F)c1N. The number of hydrogen-bond donors (Lipinski definition) is 2. The molecule has 0 aliphatic carbocycles. The molecular weight excluding hydrogens is 183 g/mol. The van der Waals surface area contributed by atoms with E-state index in [1.54, 1.807) is 0 Å². The van der Waals surface area contributed by atoms with Crippen LogP contribution in [0.25, 0.3) is 0 Å². The van der Waals surface area contributed by atoms with Gasteiger partial charge in [-0.2, -0.15) is 0 Å². The van der Waals surface area contributed by atoms with Gasteiger partial charge in [-0.25, -0.2) is 13.2 Å². The summed E-state index contributed by atoms with van der Waals surface area (Å²) in [6, 6.07) is 0. The zero-order valence-corrected chi connectivity index (χ0v) is 6.60. The van der Waals surface area contributed by atoms with Crippen molar-refractivity contribution in [3.63, 3.8) is 0 Å². The number of anilines is 1. The fraction of sp³-hybridized carbons (Fsp3) is 0.286. The van der Waals surface area contributed by atoms with Crippen LogP contribution >= 0.6 is 0 Å². The summed E-state index contributed by atoms with van der Waals surface area (Å²) in [5, 5.41) is 0. The Morgan fingerprint density at radius 2 is 2.08 bits per heavy atom. The lowest BCUT2D eigenvalue weighted by Crippen LogP contribution is -2.09. The van der Waals surface area contributed by atoms with Crippen LogP contribution in [-0.4, -0.2) is 4.98 Å². The molecule has 1 rings (SSSR count). The van der Waals surface area contributed by atoms with Gasteiger partial charge in [-0.05, 0) is 0 Å². The molecule has 0 aromatic carbocycles. The van der Waals surface area contributed by atoms with Crippen LogP contribution in [0, 0.1) is 5.82 Å². The molecular formula is C7H8F3N3. The molecule has 13 heavy (non-hydrogen) atoms. The predicted molar refractivity (Wildman–Crippen MR) is 41.5 cm³/mol. The monoisotopic (exact) mass is 191 g/mol. The number of rotatable bonds is 2. The van der Waals surface area contributed by atoms with Gasteiger partial charge in [-0.3, -0.25) is 4.98 Å². The Kier molecular flexibility index (Phi) is 2.72. The summed E-state index contributed by atoms with van der Waals surface area (Å²) in [5.41, 5.74) is 9.25. The van der Waals surface area contributed by atoms with E-state index < -0.39 is 17.9 Å². The summed E-state index contributed by atoms with van der Waals surface area (Å²) >= 11 is 0. The predicted octanol–water partition coefficient (Wildman–Crippen LogP) is 1.20. The molecule has 0 aliphatic rings. The highest BCUT2D eigenvalue weighted by molar-refractivity contribution is 5.51. The van der Waals surface area contributed by atoms with Gasteiger partial charge in [0.25, 0.3) is 6.43 Å². The number of halogens is 3. The van der Waals surface area contributed by atoms with Crippen molar-refractivity contribution in [2.45, 2.75) is 13.0 Å². The first-order valence-corrected chi connectivity index (χ1v) is 3.49. The molecule has 72 valence electrons. The molecule has 0 aliphatic heterocycles. The number of nitrogen functional groups attached to an aromatic ring is 1. The summed E-state index contributed by atoms with van der Waals surface area (Å²) in [6.07, 6.45) is -2.12. The molecule has 0 saturated carbocycles. The summed E-state index contributed by atoms with van der Waals surface area (Å²) in [5.74, 6) is -0.760. The average molecular weight is 191 g/mol. The molecule has 0 unspecified atom stereocenters. The Morgan fingerprint density at radius 3 is 2.54 bits per heavy atom. The number of aromatic nitrogens is 1. The van der Waals surface area contributed by atoms with Crippen molar-refractivity contribution in [2.75, 3.05) is 5.73 Å². The van der Waals surface area contributed by atoms with Gasteiger partial charge in [0.15, 0.2) is 0 Å². The van der Waals surface area contributed by atoms with Crippen LogP contribution in [0.3, 0.4) is 0 Å². The van der Waals surface area contributed by atoms with Crippen molar-refractivity contribution in [3.8, 4) is 0 Å². The topological polar surface area (TPSA) is 64.9 Å². The van der Waals surface area contributed by atoms with E-state index in [0.717, 1.165) is 0 Å². The molecule has 1 aromatic heterocycles. The van der Waals surface area contributed by atoms with Crippen molar-refractivity contribution < 1.29 is 13.2 Å². The maximum absolute atomic E-state index is 12.8. The lowest BCUT2D eigenvalue weighted by Gasteiger charge is -2.08. The molecule has 3 nitrogen and oxygen atoms in total. The van der Waals surface area contributed by atoms with Crippen LogP contribution in [0.4, 0.5) is 18.9 Å². The molecule has 0 fully saturated rings. The molecule has 1 heterocycles. The van der Waals surface area contributed by atoms with Gasteiger partial charge in [-0.1, -0.05) is 0 Å². The van der Waals surface area contributed by atoms with E-state index >= 15 is 0 Å². The van der Waals surface area contributed by atoms with Gasteiger partial charge in [0.2, 0.25) is 0 Å². The van der Waals surface area contributed by atoms with Crippen LogP contribution in [0.5, 0.6) is 0 Å². The van der Waals surface area contributed by atoms with Gasteiger partial charge >= 0.3 is 0 Å². The van der Waals surface area contributed by atoms with E-state index in [1.165, 1.54) is 0 Å². The minimum atomic E-state index is -2.81. The Hall–Kier alpha value is -1.30. The summed E-state index contributed by atoms with van der Waals surface area (Å²) in [4.78, 5) is 3.18. The fourth-order valence-corrected chi connectivity index (χ4v) is 0.938. The smallest absolute Gasteiger partial charge is 0.282 e. The highest BCUT2D eigenvalue weighted by Crippen LogP contribution is 2.26. The molecule has 0 atom stereocenters. The van der Waals surface area contributed by atoms with E-state index in [4.69, 9.17) is 11.5 Å². The summed E-state index contributed by atoms with van der Waals surface area (Å²) in [7, 11) is 0. The van der Waals surface area contributed by atoms with Crippen LogP contribution in [-0.2, 0) is 6.54 Å². The summed E-state index contributed by atoms with van der Waals surface area (Å²) < 4.78 is 37.2. The highest BCUT2D eigenvalue weighted by atomic mass is 19.3. The van der Waals surface area contributed by atoms with E-state index in [2.05, 4.69) is 4.98 Å². The second-order valence-corrected chi connectivity index (χ2v) is 2.39. The van der Waals surface area contributed by atoms with Crippen molar-refractivity contribution in [1.29, 1.82) is 0 Å². The molecule has 0 radical (unpaired) electrons. The second kappa shape index (κ2) is 3.61. The Balaban J connectivity index is 3.27. The molecule has 0 bridgehead atoms. The molecule has 6 heteroatoms. The van der Waals surface area contributed by atoms with Gasteiger partial charge in [0.1, 0.15) is 11.5 Å². The Morgan fingerprint density at radius 1 is 1.46 bits per heavy atom. The van der Waals surface area contributed by atoms with Crippen LogP contribution in [0.1, 0.15) is 17.7 Å². The minimum Gasteiger partial charge on any atom is -0.397 e. The zero-order chi connectivity index (χ0) is 10.0. The number of pyridine rings is 1. The van der Waals surface area contributed by atoms with Gasteiger partial charge in [0.05, 0.1) is 11.9 Å². The average Bonchev–Trinajstić information content (AvgIpc) is 2.04. The van der Waals surface area contributed by atoms with Crippen molar-refractivity contribution in [1.82, 2.24) is 4.98 Å². The van der Waals surface area contributed by atoms with E-state index in [1.807, 2.05) is 0 Å². The molecule has 4 N–H and O–H groups in total. The molecule has 0 spiro atoms. The highest BCUT2D eigenvalue weighted by Gasteiger charge is 2.17. The Bertz CT molecular complexity index is 314. The van der Waals surface area contributed by atoms with Crippen molar-refractivity contribution in [3.05, 3.63) is 23.3 Å². The molecule has 0 amide bonds. The maximum Gasteiger partial charge on any atom is 0.282 e. The van der Waals surface area contributed by atoms with E-state index in [9.17, 15) is 13.2 Å². The standard InChI is InChI=1S/C7H8F3N3/c8-4-2-13-6(7(9)10)5(12)3(4)1-11/h2,7H,1,11-12H2. The first-order chi connectivity index (χ1) is 6.07. The maximum atomic E-state index is 12.8. The first kappa shape index (κ1) is 9.79. The van der Waals surface area contributed by atoms with Crippen molar-refractivity contribution >= 4 is 5.69 Å². The van der Waals surface area contributed by atoms with Crippen molar-refractivity contribution in [2.24, 2.45) is 5.73 Å². The van der Waals surface area contributed by atoms with Gasteiger partial charge in [0, 0.05) is 12.1 Å². The lowest BCUT2D eigenvalue weighted by molar-refractivity contribution is 0.146. The summed E-state index contributed by atoms with van der Waals surface area (Å²) in [6.45, 7) is -0.222. The largest absolute Gasteiger partial charge is 0.397 e.